The fraction of sp³-hybridized carbons (Fsp3) is 0.261. The average Bonchev–Trinajstić information content (AvgIpc) is 3.54. The molecule has 1 N–H and O–H groups in total. The van der Waals surface area contributed by atoms with E-state index in [1.807, 2.05) is 35.7 Å². The number of thiazole rings is 1. The Balaban J connectivity index is 1.44. The Bertz CT molecular complexity index is 1310. The molecule has 0 saturated carbocycles. The molecule has 8 nitrogen and oxygen atoms in total. The summed E-state index contributed by atoms with van der Waals surface area (Å²) in [6.07, 6.45) is 2.41. The van der Waals surface area contributed by atoms with Crippen molar-refractivity contribution in [2.75, 3.05) is 18.4 Å². The van der Waals surface area contributed by atoms with Crippen LogP contribution < -0.4 is 5.32 Å². The molecule has 2 amide bonds. The number of carbonyl (C=O) groups excluding carboxylic acids is 2. The largest absolute Gasteiger partial charge is 0.436 e. The van der Waals surface area contributed by atoms with Crippen LogP contribution in [-0.4, -0.2) is 44.8 Å². The van der Waals surface area contributed by atoms with Crippen LogP contribution >= 0.6 is 11.3 Å². The minimum atomic E-state index is -0.224. The third-order valence-corrected chi connectivity index (χ3v) is 6.31. The molecule has 0 radical (unpaired) electrons. The number of nitrogens with zero attached hydrogens (tertiary/aromatic N) is 4. The summed E-state index contributed by atoms with van der Waals surface area (Å²) in [7, 11) is 0. The Morgan fingerprint density at radius 1 is 1.22 bits per heavy atom. The SMILES string of the molecule is Cc1nc(C)c(C(=O)N2CC[C@@H](c3cc(C(=O)Nc4nccs4)c4ccccc4n3)C2)o1. The van der Waals surface area contributed by atoms with Crippen molar-refractivity contribution in [1.29, 1.82) is 0 Å². The lowest BCUT2D eigenvalue weighted by molar-refractivity contribution is 0.0756. The zero-order valence-corrected chi connectivity index (χ0v) is 18.5. The van der Waals surface area contributed by atoms with Crippen LogP contribution in [0.2, 0.25) is 0 Å². The summed E-state index contributed by atoms with van der Waals surface area (Å²) >= 11 is 1.37. The molecule has 0 spiro atoms. The van der Waals surface area contributed by atoms with Gasteiger partial charge in [-0.05, 0) is 25.5 Å². The third-order valence-electron chi connectivity index (χ3n) is 5.62. The number of hydrogen-bond donors (Lipinski definition) is 1. The zero-order valence-electron chi connectivity index (χ0n) is 17.7. The molecule has 0 aliphatic carbocycles. The zero-order chi connectivity index (χ0) is 22.2. The van der Waals surface area contributed by atoms with Crippen molar-refractivity contribution in [2.45, 2.75) is 26.2 Å². The summed E-state index contributed by atoms with van der Waals surface area (Å²) in [6.45, 7) is 4.61. The van der Waals surface area contributed by atoms with Gasteiger partial charge in [0.15, 0.2) is 11.0 Å². The number of nitrogens with one attached hydrogen (secondary N) is 1. The Morgan fingerprint density at radius 2 is 2.06 bits per heavy atom. The van der Waals surface area contributed by atoms with Crippen molar-refractivity contribution < 1.29 is 14.0 Å². The molecular formula is C23H21N5O3S. The molecule has 1 atom stereocenters. The summed E-state index contributed by atoms with van der Waals surface area (Å²) in [6, 6.07) is 9.43. The number of para-hydroxylation sites is 1. The first kappa shape index (κ1) is 20.3. The number of likely N-dealkylation sites (tertiary alicyclic amines) is 1. The van der Waals surface area contributed by atoms with E-state index in [1.165, 1.54) is 11.3 Å². The number of anilines is 1. The predicted molar refractivity (Wildman–Crippen MR) is 121 cm³/mol. The van der Waals surface area contributed by atoms with Gasteiger partial charge in [-0.25, -0.2) is 9.97 Å². The number of hydrogen-bond acceptors (Lipinski definition) is 7. The lowest BCUT2D eigenvalue weighted by Gasteiger charge is -2.16. The van der Waals surface area contributed by atoms with Gasteiger partial charge in [-0.2, -0.15) is 0 Å². The normalized spacial score (nSPS) is 15.9. The second-order valence-corrected chi connectivity index (χ2v) is 8.68. The van der Waals surface area contributed by atoms with E-state index in [-0.39, 0.29) is 23.5 Å². The monoisotopic (exact) mass is 447 g/mol. The third kappa shape index (κ3) is 3.75. The molecule has 162 valence electrons. The van der Waals surface area contributed by atoms with Crippen LogP contribution in [0.15, 0.2) is 46.3 Å². The summed E-state index contributed by atoms with van der Waals surface area (Å²) in [4.78, 5) is 40.9. The second kappa shape index (κ2) is 8.16. The first-order valence-electron chi connectivity index (χ1n) is 10.3. The van der Waals surface area contributed by atoms with Gasteiger partial charge in [0.2, 0.25) is 5.76 Å². The van der Waals surface area contributed by atoms with Crippen LogP contribution in [-0.2, 0) is 0 Å². The minimum Gasteiger partial charge on any atom is -0.436 e. The van der Waals surface area contributed by atoms with Gasteiger partial charge in [-0.15, -0.1) is 11.3 Å². The van der Waals surface area contributed by atoms with Gasteiger partial charge < -0.3 is 9.32 Å². The van der Waals surface area contributed by atoms with Crippen LogP contribution in [0.1, 0.15) is 50.5 Å². The number of fused-ring (bicyclic) bond motifs is 1. The minimum absolute atomic E-state index is 0.0271. The van der Waals surface area contributed by atoms with Gasteiger partial charge in [0.1, 0.15) is 0 Å². The maximum atomic E-state index is 13.0. The van der Waals surface area contributed by atoms with Gasteiger partial charge in [0, 0.05) is 48.6 Å². The predicted octanol–water partition coefficient (Wildman–Crippen LogP) is 4.18. The molecule has 32 heavy (non-hydrogen) atoms. The number of carbonyl (C=O) groups is 2. The van der Waals surface area contributed by atoms with Gasteiger partial charge in [0.05, 0.1) is 16.8 Å². The van der Waals surface area contributed by atoms with Gasteiger partial charge in [-0.1, -0.05) is 18.2 Å². The standard InChI is InChI=1S/C23H21N5O3S/c1-13-20(31-14(2)25-13)22(30)28-9-7-15(12-28)19-11-17(16-5-3-4-6-18(16)26-19)21(29)27-23-24-8-10-32-23/h3-6,8,10-11,15H,7,9,12H2,1-2H3,(H,24,27,29)/t15-/m1/s1. The highest BCUT2D eigenvalue weighted by Crippen LogP contribution is 2.31. The number of amides is 2. The molecule has 4 aromatic rings. The summed E-state index contributed by atoms with van der Waals surface area (Å²) < 4.78 is 5.51. The molecule has 9 heteroatoms. The number of aromatic nitrogens is 3. The first-order chi connectivity index (χ1) is 15.5. The average molecular weight is 448 g/mol. The van der Waals surface area contributed by atoms with Crippen molar-refractivity contribution >= 4 is 39.2 Å². The van der Waals surface area contributed by atoms with Crippen LogP contribution in [0, 0.1) is 13.8 Å². The van der Waals surface area contributed by atoms with Gasteiger partial charge in [-0.3, -0.25) is 19.9 Å². The van der Waals surface area contributed by atoms with E-state index in [2.05, 4.69) is 15.3 Å². The van der Waals surface area contributed by atoms with E-state index in [4.69, 9.17) is 9.40 Å². The lowest BCUT2D eigenvalue weighted by atomic mass is 9.99. The van der Waals surface area contributed by atoms with Gasteiger partial charge >= 0.3 is 0 Å². The van der Waals surface area contributed by atoms with Crippen LogP contribution in [0.5, 0.6) is 0 Å². The highest BCUT2D eigenvalue weighted by atomic mass is 32.1. The highest BCUT2D eigenvalue weighted by molar-refractivity contribution is 7.13. The van der Waals surface area contributed by atoms with Gasteiger partial charge in [0.25, 0.3) is 11.8 Å². The lowest BCUT2D eigenvalue weighted by Crippen LogP contribution is -2.28. The molecular weight excluding hydrogens is 426 g/mol. The maximum absolute atomic E-state index is 13.0. The summed E-state index contributed by atoms with van der Waals surface area (Å²) in [5.74, 6) is 0.415. The first-order valence-corrected chi connectivity index (χ1v) is 11.2. The van der Waals surface area contributed by atoms with Crippen LogP contribution in [0.4, 0.5) is 5.13 Å². The Labute approximate surface area is 188 Å². The fourth-order valence-corrected chi connectivity index (χ4v) is 4.63. The number of benzene rings is 1. The highest BCUT2D eigenvalue weighted by Gasteiger charge is 2.32. The molecule has 1 aliphatic rings. The van der Waals surface area contributed by atoms with E-state index in [0.29, 0.717) is 35.4 Å². The fourth-order valence-electron chi connectivity index (χ4n) is 4.10. The summed E-state index contributed by atoms with van der Waals surface area (Å²) in [5.41, 5.74) is 2.70. The van der Waals surface area contributed by atoms with E-state index in [0.717, 1.165) is 23.0 Å². The second-order valence-electron chi connectivity index (χ2n) is 7.79. The Kier molecular flexibility index (Phi) is 5.18. The van der Waals surface area contributed by atoms with E-state index in [1.54, 1.807) is 24.9 Å². The molecule has 0 unspecified atom stereocenters. The van der Waals surface area contributed by atoms with Crippen molar-refractivity contribution in [3.05, 3.63) is 70.5 Å². The number of aryl methyl sites for hydroxylation is 2. The number of oxazole rings is 1. The smallest absolute Gasteiger partial charge is 0.291 e. The molecule has 5 rings (SSSR count). The Morgan fingerprint density at radius 3 is 2.81 bits per heavy atom. The molecule has 3 aromatic heterocycles. The topological polar surface area (TPSA) is 101 Å². The van der Waals surface area contributed by atoms with E-state index in [9.17, 15) is 9.59 Å². The quantitative estimate of drug-likeness (QED) is 0.504. The molecule has 1 aliphatic heterocycles. The van der Waals surface area contributed by atoms with E-state index < -0.39 is 0 Å². The van der Waals surface area contributed by atoms with Crippen LogP contribution in [0.25, 0.3) is 10.9 Å². The number of rotatable bonds is 4. The molecule has 1 aromatic carbocycles. The maximum Gasteiger partial charge on any atom is 0.291 e. The van der Waals surface area contributed by atoms with Crippen molar-refractivity contribution in [3.63, 3.8) is 0 Å². The molecule has 1 saturated heterocycles. The molecule has 4 heterocycles. The van der Waals surface area contributed by atoms with Crippen molar-refractivity contribution in [2.24, 2.45) is 0 Å². The number of pyridine rings is 1. The summed E-state index contributed by atoms with van der Waals surface area (Å²) in [5, 5.41) is 6.01. The van der Waals surface area contributed by atoms with Crippen molar-refractivity contribution in [1.82, 2.24) is 19.9 Å². The Hall–Kier alpha value is -3.59. The van der Waals surface area contributed by atoms with Crippen molar-refractivity contribution in [3.8, 4) is 0 Å². The van der Waals surface area contributed by atoms with E-state index >= 15 is 0 Å². The van der Waals surface area contributed by atoms with Crippen LogP contribution in [0.3, 0.4) is 0 Å². The molecule has 0 bridgehead atoms. The molecule has 1 fully saturated rings.